The minimum Gasteiger partial charge on any atom is -0.462 e. The molecule has 0 N–H and O–H groups in total. The van der Waals surface area contributed by atoms with Crippen LogP contribution in [0.25, 0.3) is 0 Å². The van der Waals surface area contributed by atoms with Crippen LogP contribution in [0.1, 0.15) is 42.7 Å². The number of halogens is 1. The van der Waals surface area contributed by atoms with E-state index in [-0.39, 0.29) is 11.9 Å². The van der Waals surface area contributed by atoms with Crippen LogP contribution in [0.4, 0.5) is 0 Å². The molecule has 0 saturated heterocycles. The van der Waals surface area contributed by atoms with Crippen molar-refractivity contribution in [2.75, 3.05) is 6.61 Å². The van der Waals surface area contributed by atoms with Crippen molar-refractivity contribution in [3.05, 3.63) is 28.5 Å². The second kappa shape index (κ2) is 5.12. The van der Waals surface area contributed by atoms with Crippen LogP contribution in [-0.4, -0.2) is 17.6 Å². The van der Waals surface area contributed by atoms with E-state index in [0.29, 0.717) is 23.0 Å². The Morgan fingerprint density at radius 2 is 2.20 bits per heavy atom. The van der Waals surface area contributed by atoms with Crippen molar-refractivity contribution in [1.29, 1.82) is 0 Å². The smallest absolute Gasteiger partial charge is 0.339 e. The summed E-state index contributed by atoms with van der Waals surface area (Å²) >= 11 is 5.78. The highest BCUT2D eigenvalue weighted by Gasteiger charge is 2.16. The lowest BCUT2D eigenvalue weighted by Crippen LogP contribution is -2.10. The Morgan fingerprint density at radius 3 is 2.73 bits per heavy atom. The lowest BCUT2D eigenvalue weighted by atomic mass is 10.0. The molecule has 0 atom stereocenters. The first-order chi connectivity index (χ1) is 7.06. The van der Waals surface area contributed by atoms with Crippen molar-refractivity contribution in [2.45, 2.75) is 26.7 Å². The van der Waals surface area contributed by atoms with Crippen LogP contribution in [0.15, 0.2) is 12.1 Å². The van der Waals surface area contributed by atoms with Crippen molar-refractivity contribution in [3.63, 3.8) is 0 Å². The quantitative estimate of drug-likeness (QED) is 0.589. The Labute approximate surface area is 94.4 Å². The third-order valence-electron chi connectivity index (χ3n) is 1.93. The highest BCUT2D eigenvalue weighted by molar-refractivity contribution is 6.29. The summed E-state index contributed by atoms with van der Waals surface area (Å²) in [5.41, 5.74) is 1.18. The molecular formula is C11H14ClNO2. The fourth-order valence-electron chi connectivity index (χ4n) is 1.27. The van der Waals surface area contributed by atoms with Crippen LogP contribution in [0.5, 0.6) is 0 Å². The zero-order valence-electron chi connectivity index (χ0n) is 9.08. The largest absolute Gasteiger partial charge is 0.462 e. The maximum Gasteiger partial charge on any atom is 0.339 e. The highest BCUT2D eigenvalue weighted by Crippen LogP contribution is 2.20. The molecule has 15 heavy (non-hydrogen) atoms. The van der Waals surface area contributed by atoms with Crippen LogP contribution in [0, 0.1) is 0 Å². The molecular weight excluding hydrogens is 214 g/mol. The number of aromatic nitrogens is 1. The Morgan fingerprint density at radius 1 is 1.53 bits per heavy atom. The predicted molar refractivity (Wildman–Crippen MR) is 59.3 cm³/mol. The maximum atomic E-state index is 11.6. The molecule has 0 saturated carbocycles. The molecule has 1 heterocycles. The SMILES string of the molecule is CCOC(=O)c1ccc(Cl)nc1C(C)C. The van der Waals surface area contributed by atoms with E-state index < -0.39 is 0 Å². The van der Waals surface area contributed by atoms with Gasteiger partial charge in [-0.05, 0) is 25.0 Å². The van der Waals surface area contributed by atoms with Gasteiger partial charge in [-0.3, -0.25) is 0 Å². The molecule has 1 rings (SSSR count). The molecule has 0 aliphatic heterocycles. The second-order valence-electron chi connectivity index (χ2n) is 3.44. The average molecular weight is 228 g/mol. The van der Waals surface area contributed by atoms with E-state index in [4.69, 9.17) is 16.3 Å². The third kappa shape index (κ3) is 2.93. The van der Waals surface area contributed by atoms with Crippen LogP contribution in [-0.2, 0) is 4.74 Å². The van der Waals surface area contributed by atoms with Gasteiger partial charge in [-0.15, -0.1) is 0 Å². The summed E-state index contributed by atoms with van der Waals surface area (Å²) in [5, 5.41) is 0.395. The van der Waals surface area contributed by atoms with Gasteiger partial charge in [0.25, 0.3) is 0 Å². The molecule has 82 valence electrons. The van der Waals surface area contributed by atoms with Gasteiger partial charge in [0.2, 0.25) is 0 Å². The number of carbonyl (C=O) groups is 1. The van der Waals surface area contributed by atoms with Crippen molar-refractivity contribution in [3.8, 4) is 0 Å². The Balaban J connectivity index is 3.11. The van der Waals surface area contributed by atoms with Crippen LogP contribution in [0.3, 0.4) is 0 Å². The van der Waals surface area contributed by atoms with E-state index in [1.54, 1.807) is 19.1 Å². The molecule has 0 spiro atoms. The van der Waals surface area contributed by atoms with E-state index in [2.05, 4.69) is 4.98 Å². The molecule has 0 bridgehead atoms. The number of pyridine rings is 1. The Kier molecular flexibility index (Phi) is 4.09. The van der Waals surface area contributed by atoms with Gasteiger partial charge in [-0.2, -0.15) is 0 Å². The minimum absolute atomic E-state index is 0.142. The molecule has 0 radical (unpaired) electrons. The number of nitrogens with zero attached hydrogens (tertiary/aromatic N) is 1. The van der Waals surface area contributed by atoms with E-state index in [9.17, 15) is 4.79 Å². The zero-order chi connectivity index (χ0) is 11.4. The minimum atomic E-state index is -0.342. The van der Waals surface area contributed by atoms with Gasteiger partial charge in [-0.25, -0.2) is 9.78 Å². The molecule has 0 amide bonds. The van der Waals surface area contributed by atoms with E-state index in [1.165, 1.54) is 0 Å². The number of esters is 1. The molecule has 0 aromatic carbocycles. The number of carbonyl (C=O) groups excluding carboxylic acids is 1. The van der Waals surface area contributed by atoms with Gasteiger partial charge in [0.1, 0.15) is 5.15 Å². The van der Waals surface area contributed by atoms with Gasteiger partial charge >= 0.3 is 5.97 Å². The van der Waals surface area contributed by atoms with Gasteiger partial charge in [0.15, 0.2) is 0 Å². The monoisotopic (exact) mass is 227 g/mol. The normalized spacial score (nSPS) is 10.5. The molecule has 0 aliphatic rings. The van der Waals surface area contributed by atoms with Gasteiger partial charge in [0.05, 0.1) is 17.9 Å². The summed E-state index contributed by atoms with van der Waals surface area (Å²) in [4.78, 5) is 15.7. The fraction of sp³-hybridized carbons (Fsp3) is 0.455. The first kappa shape index (κ1) is 12.0. The number of rotatable bonds is 3. The van der Waals surface area contributed by atoms with E-state index in [1.807, 2.05) is 13.8 Å². The van der Waals surface area contributed by atoms with Crippen molar-refractivity contribution >= 4 is 17.6 Å². The second-order valence-corrected chi connectivity index (χ2v) is 3.83. The average Bonchev–Trinajstić information content (AvgIpc) is 2.17. The first-order valence-corrected chi connectivity index (χ1v) is 5.27. The van der Waals surface area contributed by atoms with Gasteiger partial charge < -0.3 is 4.74 Å². The van der Waals surface area contributed by atoms with Crippen LogP contribution in [0.2, 0.25) is 5.15 Å². The molecule has 0 unspecified atom stereocenters. The van der Waals surface area contributed by atoms with Crippen molar-refractivity contribution < 1.29 is 9.53 Å². The van der Waals surface area contributed by atoms with Crippen molar-refractivity contribution in [1.82, 2.24) is 4.98 Å². The number of ether oxygens (including phenoxy) is 1. The van der Waals surface area contributed by atoms with E-state index in [0.717, 1.165) is 0 Å². The summed E-state index contributed by atoms with van der Waals surface area (Å²) in [7, 11) is 0. The van der Waals surface area contributed by atoms with E-state index >= 15 is 0 Å². The van der Waals surface area contributed by atoms with Gasteiger partial charge in [-0.1, -0.05) is 25.4 Å². The molecule has 0 fully saturated rings. The number of hydrogen-bond donors (Lipinski definition) is 0. The standard InChI is InChI=1S/C11H14ClNO2/c1-4-15-11(14)8-5-6-9(12)13-10(8)7(2)3/h5-7H,4H2,1-3H3. The molecule has 1 aromatic heterocycles. The first-order valence-electron chi connectivity index (χ1n) is 4.89. The molecule has 3 nitrogen and oxygen atoms in total. The fourth-order valence-corrected chi connectivity index (χ4v) is 1.43. The summed E-state index contributed by atoms with van der Waals surface area (Å²) < 4.78 is 4.94. The summed E-state index contributed by atoms with van der Waals surface area (Å²) in [6.07, 6.45) is 0. The lowest BCUT2D eigenvalue weighted by Gasteiger charge is -2.10. The molecule has 1 aromatic rings. The summed E-state index contributed by atoms with van der Waals surface area (Å²) in [6.45, 7) is 6.05. The summed E-state index contributed by atoms with van der Waals surface area (Å²) in [5.74, 6) is -0.200. The number of hydrogen-bond acceptors (Lipinski definition) is 3. The highest BCUT2D eigenvalue weighted by atomic mass is 35.5. The lowest BCUT2D eigenvalue weighted by molar-refractivity contribution is 0.0524. The van der Waals surface area contributed by atoms with Gasteiger partial charge in [0, 0.05) is 0 Å². The molecule has 0 aliphatic carbocycles. The Hall–Kier alpha value is -1.09. The van der Waals surface area contributed by atoms with Crippen LogP contribution >= 0.6 is 11.6 Å². The van der Waals surface area contributed by atoms with Crippen molar-refractivity contribution in [2.24, 2.45) is 0 Å². The topological polar surface area (TPSA) is 39.2 Å². The molecule has 4 heteroatoms. The Bertz CT molecular complexity index is 364. The maximum absolute atomic E-state index is 11.6. The summed E-state index contributed by atoms with van der Waals surface area (Å²) in [6, 6.07) is 3.25. The van der Waals surface area contributed by atoms with Crippen LogP contribution < -0.4 is 0 Å². The zero-order valence-corrected chi connectivity index (χ0v) is 9.84. The predicted octanol–water partition coefficient (Wildman–Crippen LogP) is 3.04. The third-order valence-corrected chi connectivity index (χ3v) is 2.14.